The van der Waals surface area contributed by atoms with Crippen molar-refractivity contribution in [2.24, 2.45) is 0 Å². The molecule has 158 valence electrons. The van der Waals surface area contributed by atoms with Gasteiger partial charge in [0, 0.05) is 13.0 Å². The van der Waals surface area contributed by atoms with Gasteiger partial charge in [0.15, 0.2) is 0 Å². The number of likely N-dealkylation sites (tertiary alicyclic amines) is 1. The molecule has 1 saturated heterocycles. The summed E-state index contributed by atoms with van der Waals surface area (Å²) in [7, 11) is 0. The van der Waals surface area contributed by atoms with Gasteiger partial charge in [0.05, 0.1) is 6.04 Å². The topological polar surface area (TPSA) is 52.6 Å². The average molecular weight is 389 g/mol. The summed E-state index contributed by atoms with van der Waals surface area (Å²) in [6, 6.07) is 7.99. The maximum Gasteiger partial charge on any atom is 0.220 e. The van der Waals surface area contributed by atoms with Crippen molar-refractivity contribution in [3.63, 3.8) is 0 Å². The zero-order valence-corrected chi connectivity index (χ0v) is 18.0. The first-order valence-corrected chi connectivity index (χ1v) is 11.4. The van der Waals surface area contributed by atoms with E-state index in [1.54, 1.807) is 0 Å². The number of nitrogens with zero attached hydrogens (tertiary/aromatic N) is 1. The molecule has 0 aromatic heterocycles. The van der Waals surface area contributed by atoms with Gasteiger partial charge < -0.3 is 15.3 Å². The Hall–Kier alpha value is -1.39. The van der Waals surface area contributed by atoms with E-state index in [0.717, 1.165) is 50.9 Å². The highest BCUT2D eigenvalue weighted by atomic mass is 16.3. The van der Waals surface area contributed by atoms with Crippen LogP contribution in [0.3, 0.4) is 0 Å². The summed E-state index contributed by atoms with van der Waals surface area (Å²) >= 11 is 0. The van der Waals surface area contributed by atoms with Gasteiger partial charge >= 0.3 is 0 Å². The molecule has 0 aliphatic carbocycles. The molecule has 2 N–H and O–H groups in total. The fourth-order valence-corrected chi connectivity index (χ4v) is 4.04. The highest BCUT2D eigenvalue weighted by Crippen LogP contribution is 2.21. The van der Waals surface area contributed by atoms with E-state index in [0.29, 0.717) is 6.42 Å². The van der Waals surface area contributed by atoms with Gasteiger partial charge in [0.2, 0.25) is 5.91 Å². The molecule has 0 spiro atoms. The number of carbonyl (C=O) groups excluding carboxylic acids is 1. The Morgan fingerprint density at radius 1 is 1.04 bits per heavy atom. The molecular weight excluding hydrogens is 348 g/mol. The third kappa shape index (κ3) is 7.92. The third-order valence-corrected chi connectivity index (χ3v) is 5.75. The van der Waals surface area contributed by atoms with Crippen LogP contribution < -0.4 is 5.32 Å². The monoisotopic (exact) mass is 388 g/mol. The molecule has 1 aromatic carbocycles. The van der Waals surface area contributed by atoms with E-state index < -0.39 is 6.10 Å². The lowest BCUT2D eigenvalue weighted by molar-refractivity contribution is -0.123. The van der Waals surface area contributed by atoms with Gasteiger partial charge in [0.1, 0.15) is 6.10 Å². The highest BCUT2D eigenvalue weighted by molar-refractivity contribution is 5.76. The van der Waals surface area contributed by atoms with Gasteiger partial charge in [-0.15, -0.1) is 0 Å². The summed E-state index contributed by atoms with van der Waals surface area (Å²) in [5.41, 5.74) is 2.19. The number of hydrogen-bond acceptors (Lipinski definition) is 3. The summed E-state index contributed by atoms with van der Waals surface area (Å²) in [5.74, 6) is 0.0716. The minimum atomic E-state index is -0.666. The van der Waals surface area contributed by atoms with Crippen LogP contribution in [0.5, 0.6) is 0 Å². The van der Waals surface area contributed by atoms with E-state index in [9.17, 15) is 9.90 Å². The van der Waals surface area contributed by atoms with Crippen molar-refractivity contribution < 1.29 is 9.90 Å². The van der Waals surface area contributed by atoms with Gasteiger partial charge in [-0.3, -0.25) is 4.79 Å². The van der Waals surface area contributed by atoms with Crippen LogP contribution in [-0.4, -0.2) is 41.6 Å². The number of aliphatic hydroxyl groups is 1. The molecule has 1 aromatic rings. The standard InChI is InChI=1S/C24H40N2O2/c1-3-5-6-7-8-12-23(27)25-22(19-26-17-9-10-18-26)24(28)21-15-13-20(11-4-2)14-16-21/h13-16,22,24,28H,3-12,17-19H2,1-2H3,(H,25,27)/t22?,24-/m1/s1. The van der Waals surface area contributed by atoms with Crippen molar-refractivity contribution in [2.45, 2.75) is 90.2 Å². The van der Waals surface area contributed by atoms with Crippen molar-refractivity contribution in [2.75, 3.05) is 19.6 Å². The van der Waals surface area contributed by atoms with Crippen LogP contribution in [0.15, 0.2) is 24.3 Å². The second-order valence-electron chi connectivity index (χ2n) is 8.28. The molecule has 4 nitrogen and oxygen atoms in total. The van der Waals surface area contributed by atoms with E-state index in [1.165, 1.54) is 37.7 Å². The summed E-state index contributed by atoms with van der Waals surface area (Å²) in [5, 5.41) is 14.2. The normalized spacial score (nSPS) is 16.8. The van der Waals surface area contributed by atoms with Gasteiger partial charge in [-0.05, 0) is 49.9 Å². The first-order chi connectivity index (χ1) is 13.6. The highest BCUT2D eigenvalue weighted by Gasteiger charge is 2.26. The first kappa shape index (κ1) is 22.9. The fraction of sp³-hybridized carbons (Fsp3) is 0.708. The van der Waals surface area contributed by atoms with E-state index in [4.69, 9.17) is 0 Å². The van der Waals surface area contributed by atoms with Gasteiger partial charge in [0.25, 0.3) is 0 Å². The molecular formula is C24H40N2O2. The molecule has 0 radical (unpaired) electrons. The van der Waals surface area contributed by atoms with Crippen molar-refractivity contribution in [1.29, 1.82) is 0 Å². The molecule has 1 fully saturated rings. The van der Waals surface area contributed by atoms with Crippen molar-refractivity contribution in [3.05, 3.63) is 35.4 Å². The molecule has 0 bridgehead atoms. The van der Waals surface area contributed by atoms with E-state index in [2.05, 4.69) is 36.2 Å². The largest absolute Gasteiger partial charge is 0.386 e. The molecule has 2 rings (SSSR count). The predicted octanol–water partition coefficient (Wildman–Crippen LogP) is 4.61. The van der Waals surface area contributed by atoms with Crippen molar-refractivity contribution in [3.8, 4) is 0 Å². The predicted molar refractivity (Wildman–Crippen MR) is 116 cm³/mol. The molecule has 1 amide bonds. The average Bonchev–Trinajstić information content (AvgIpc) is 3.21. The van der Waals surface area contributed by atoms with E-state index in [-0.39, 0.29) is 11.9 Å². The molecule has 28 heavy (non-hydrogen) atoms. The molecule has 1 heterocycles. The molecule has 4 heteroatoms. The minimum absolute atomic E-state index is 0.0716. The van der Waals surface area contributed by atoms with Crippen molar-refractivity contribution in [1.82, 2.24) is 10.2 Å². The summed E-state index contributed by atoms with van der Waals surface area (Å²) in [6.07, 6.45) is 10.2. The Balaban J connectivity index is 1.94. The summed E-state index contributed by atoms with van der Waals surface area (Å²) in [4.78, 5) is 14.9. The van der Waals surface area contributed by atoms with Gasteiger partial charge in [-0.1, -0.05) is 70.2 Å². The molecule has 1 unspecified atom stereocenters. The van der Waals surface area contributed by atoms with Crippen LogP contribution in [0.2, 0.25) is 0 Å². The Bertz CT molecular complexity index is 552. The minimum Gasteiger partial charge on any atom is -0.386 e. The zero-order chi connectivity index (χ0) is 20.2. The number of amides is 1. The van der Waals surface area contributed by atoms with Gasteiger partial charge in [-0.25, -0.2) is 0 Å². The fourth-order valence-electron chi connectivity index (χ4n) is 4.04. The second-order valence-corrected chi connectivity index (χ2v) is 8.28. The van der Waals surface area contributed by atoms with Crippen LogP contribution in [0.4, 0.5) is 0 Å². The molecule has 2 atom stereocenters. The van der Waals surface area contributed by atoms with Crippen LogP contribution >= 0.6 is 0 Å². The number of rotatable bonds is 13. The van der Waals surface area contributed by atoms with E-state index >= 15 is 0 Å². The molecule has 1 aliphatic rings. The SMILES string of the molecule is CCCCCCCC(=O)NC(CN1CCCC1)[C@H](O)c1ccc(CCC)cc1. The van der Waals surface area contributed by atoms with Crippen LogP contribution in [0, 0.1) is 0 Å². The Labute approximate surface area is 171 Å². The van der Waals surface area contributed by atoms with Crippen LogP contribution in [-0.2, 0) is 11.2 Å². The number of aliphatic hydroxyl groups excluding tert-OH is 1. The number of hydrogen-bond donors (Lipinski definition) is 2. The van der Waals surface area contributed by atoms with Crippen molar-refractivity contribution >= 4 is 5.91 Å². The number of nitrogens with one attached hydrogen (secondary N) is 1. The number of carbonyl (C=O) groups is 1. The third-order valence-electron chi connectivity index (χ3n) is 5.75. The maximum atomic E-state index is 12.5. The Kier molecular flexibility index (Phi) is 10.6. The zero-order valence-electron chi connectivity index (χ0n) is 18.0. The smallest absolute Gasteiger partial charge is 0.220 e. The summed E-state index contributed by atoms with van der Waals surface area (Å²) in [6.45, 7) is 7.22. The van der Waals surface area contributed by atoms with E-state index in [1.807, 2.05) is 12.1 Å². The Morgan fingerprint density at radius 2 is 1.71 bits per heavy atom. The lowest BCUT2D eigenvalue weighted by Crippen LogP contribution is -2.46. The maximum absolute atomic E-state index is 12.5. The number of aryl methyl sites for hydroxylation is 1. The van der Waals surface area contributed by atoms with Crippen LogP contribution in [0.25, 0.3) is 0 Å². The molecule has 0 saturated carbocycles. The molecule has 1 aliphatic heterocycles. The number of unbranched alkanes of at least 4 members (excludes halogenated alkanes) is 4. The first-order valence-electron chi connectivity index (χ1n) is 11.4. The second kappa shape index (κ2) is 12.9. The number of benzene rings is 1. The Morgan fingerprint density at radius 3 is 2.36 bits per heavy atom. The quantitative estimate of drug-likeness (QED) is 0.485. The van der Waals surface area contributed by atoms with Crippen LogP contribution in [0.1, 0.15) is 88.9 Å². The lowest BCUT2D eigenvalue weighted by atomic mass is 9.99. The van der Waals surface area contributed by atoms with Gasteiger partial charge in [-0.2, -0.15) is 0 Å². The lowest BCUT2D eigenvalue weighted by Gasteiger charge is -2.29. The summed E-state index contributed by atoms with van der Waals surface area (Å²) < 4.78 is 0.